The summed E-state index contributed by atoms with van der Waals surface area (Å²) < 4.78 is 25.1. The molecule has 8 heteroatoms. The van der Waals surface area contributed by atoms with Gasteiger partial charge in [-0.25, -0.2) is 18.2 Å². The van der Waals surface area contributed by atoms with E-state index in [1.165, 1.54) is 0 Å². The predicted molar refractivity (Wildman–Crippen MR) is 76.0 cm³/mol. The average molecular weight is 311 g/mol. The summed E-state index contributed by atoms with van der Waals surface area (Å²) in [5, 5.41) is 2.77. The molecule has 7 nitrogen and oxygen atoms in total. The predicted octanol–water partition coefficient (Wildman–Crippen LogP) is 0.665. The monoisotopic (exact) mass is 311 g/mol. The summed E-state index contributed by atoms with van der Waals surface area (Å²) >= 11 is 0. The maximum absolute atomic E-state index is 12.5. The number of urea groups is 1. The lowest BCUT2D eigenvalue weighted by molar-refractivity contribution is -0.118. The van der Waals surface area contributed by atoms with Gasteiger partial charge in [0.25, 0.3) is 10.0 Å². The number of hydrogen-bond acceptors (Lipinski definition) is 4. The number of nitrogens with zero attached hydrogens (tertiary/aromatic N) is 1. The van der Waals surface area contributed by atoms with Gasteiger partial charge in [-0.2, -0.15) is 0 Å². The number of hydrazine groups is 1. The zero-order valence-electron chi connectivity index (χ0n) is 12.3. The minimum Gasteiger partial charge on any atom is -0.275 e. The minimum absolute atomic E-state index is 0.146. The Bertz CT molecular complexity index is 714. The molecule has 2 N–H and O–H groups in total. The maximum atomic E-state index is 12.5. The molecular formula is C13H17N3O4S. The molecule has 0 unspecified atom stereocenters. The largest absolute Gasteiger partial charge is 0.339 e. The van der Waals surface area contributed by atoms with E-state index in [1.807, 2.05) is 25.2 Å². The van der Waals surface area contributed by atoms with Gasteiger partial charge in [0.2, 0.25) is 5.91 Å². The van der Waals surface area contributed by atoms with Gasteiger partial charge in [0.1, 0.15) is 6.54 Å². The summed E-state index contributed by atoms with van der Waals surface area (Å²) in [5.74, 6) is -0.545. The molecule has 0 bridgehead atoms. The van der Waals surface area contributed by atoms with Crippen LogP contribution in [0.25, 0.3) is 0 Å². The molecule has 0 aromatic heterocycles. The Morgan fingerprint density at radius 2 is 1.62 bits per heavy atom. The Morgan fingerprint density at radius 1 is 1.10 bits per heavy atom. The molecule has 0 atom stereocenters. The van der Waals surface area contributed by atoms with Crippen molar-refractivity contribution in [3.63, 3.8) is 0 Å². The fourth-order valence-corrected chi connectivity index (χ4v) is 3.95. The van der Waals surface area contributed by atoms with E-state index < -0.39 is 22.0 Å². The van der Waals surface area contributed by atoms with E-state index in [1.54, 1.807) is 13.8 Å². The standard InChI is InChI=1S/C13H17N3O4S/c1-7-5-8(2)10(4)12(9(7)3)21(19,20)15-16-6-11(17)14-13(16)18/h5,15H,6H2,1-4H3,(H,14,17,18). The van der Waals surface area contributed by atoms with Crippen molar-refractivity contribution in [1.29, 1.82) is 0 Å². The normalized spacial score (nSPS) is 15.5. The van der Waals surface area contributed by atoms with Crippen molar-refractivity contribution in [3.8, 4) is 0 Å². The Hall–Kier alpha value is -1.93. The van der Waals surface area contributed by atoms with Crippen LogP contribution in [0.3, 0.4) is 0 Å². The molecule has 1 aliphatic rings. The van der Waals surface area contributed by atoms with Gasteiger partial charge in [0.15, 0.2) is 0 Å². The highest BCUT2D eigenvalue weighted by Gasteiger charge is 2.32. The summed E-state index contributed by atoms with van der Waals surface area (Å²) in [5.41, 5.74) is 2.94. The highest BCUT2D eigenvalue weighted by atomic mass is 32.2. The molecular weight excluding hydrogens is 294 g/mol. The third kappa shape index (κ3) is 2.77. The molecule has 1 saturated heterocycles. The lowest BCUT2D eigenvalue weighted by atomic mass is 10.0. The van der Waals surface area contributed by atoms with Crippen molar-refractivity contribution >= 4 is 22.0 Å². The molecule has 21 heavy (non-hydrogen) atoms. The molecule has 1 fully saturated rings. The van der Waals surface area contributed by atoms with Crippen LogP contribution in [0.4, 0.5) is 4.79 Å². The van der Waals surface area contributed by atoms with Gasteiger partial charge in [-0.05, 0) is 49.9 Å². The quantitative estimate of drug-likeness (QED) is 0.802. The summed E-state index contributed by atoms with van der Waals surface area (Å²) in [7, 11) is -3.94. The van der Waals surface area contributed by atoms with Crippen molar-refractivity contribution < 1.29 is 18.0 Å². The third-order valence-corrected chi connectivity index (χ3v) is 5.20. The van der Waals surface area contributed by atoms with Crippen molar-refractivity contribution in [1.82, 2.24) is 15.2 Å². The number of carbonyl (C=O) groups excluding carboxylic acids is 2. The number of hydrogen-bond donors (Lipinski definition) is 2. The van der Waals surface area contributed by atoms with Crippen LogP contribution in [0.15, 0.2) is 11.0 Å². The van der Waals surface area contributed by atoms with Crippen LogP contribution < -0.4 is 10.1 Å². The number of imide groups is 1. The minimum atomic E-state index is -3.94. The Kier molecular flexibility index (Phi) is 3.77. The maximum Gasteiger partial charge on any atom is 0.339 e. The second-order valence-corrected chi connectivity index (χ2v) is 6.72. The average Bonchev–Trinajstić information content (AvgIpc) is 2.64. The van der Waals surface area contributed by atoms with E-state index in [2.05, 4.69) is 4.83 Å². The van der Waals surface area contributed by atoms with E-state index in [4.69, 9.17) is 0 Å². The number of sulfonamides is 1. The Labute approximate surface area is 123 Å². The van der Waals surface area contributed by atoms with Crippen molar-refractivity contribution in [2.24, 2.45) is 0 Å². The van der Waals surface area contributed by atoms with Crippen LogP contribution in [0.1, 0.15) is 22.3 Å². The van der Waals surface area contributed by atoms with E-state index in [0.29, 0.717) is 11.1 Å². The van der Waals surface area contributed by atoms with Crippen LogP contribution in [-0.4, -0.2) is 31.9 Å². The first-order valence-electron chi connectivity index (χ1n) is 6.34. The third-order valence-electron chi connectivity index (χ3n) is 3.59. The van der Waals surface area contributed by atoms with Crippen LogP contribution >= 0.6 is 0 Å². The van der Waals surface area contributed by atoms with E-state index in [-0.39, 0.29) is 11.4 Å². The number of benzene rings is 1. The van der Waals surface area contributed by atoms with Gasteiger partial charge in [0.05, 0.1) is 4.90 Å². The fraction of sp³-hybridized carbons (Fsp3) is 0.385. The topological polar surface area (TPSA) is 95.6 Å². The van der Waals surface area contributed by atoms with Gasteiger partial charge in [-0.15, -0.1) is 4.83 Å². The highest BCUT2D eigenvalue weighted by molar-refractivity contribution is 7.89. The zero-order chi connectivity index (χ0) is 15.9. The lowest BCUT2D eigenvalue weighted by Crippen LogP contribution is -2.44. The molecule has 1 aliphatic heterocycles. The summed E-state index contributed by atoms with van der Waals surface area (Å²) in [4.78, 5) is 24.9. The first kappa shape index (κ1) is 15.5. The molecule has 1 heterocycles. The SMILES string of the molecule is Cc1cc(C)c(C)c(S(=O)(=O)NN2CC(=O)NC2=O)c1C. The number of aryl methyl sites for hydroxylation is 2. The number of amides is 3. The van der Waals surface area contributed by atoms with Crippen molar-refractivity contribution in [2.75, 3.05) is 6.54 Å². The zero-order valence-corrected chi connectivity index (χ0v) is 13.1. The number of carbonyl (C=O) groups is 2. The van der Waals surface area contributed by atoms with Crippen LogP contribution in [0, 0.1) is 27.7 Å². The van der Waals surface area contributed by atoms with E-state index in [9.17, 15) is 18.0 Å². The molecule has 3 amide bonds. The molecule has 0 aliphatic carbocycles. The van der Waals surface area contributed by atoms with Gasteiger partial charge in [-0.1, -0.05) is 6.07 Å². The van der Waals surface area contributed by atoms with Gasteiger partial charge in [-0.3, -0.25) is 10.1 Å². The number of rotatable bonds is 3. The smallest absolute Gasteiger partial charge is 0.275 e. The molecule has 0 spiro atoms. The first-order chi connectivity index (χ1) is 9.63. The van der Waals surface area contributed by atoms with Crippen molar-refractivity contribution in [2.45, 2.75) is 32.6 Å². The summed E-state index contributed by atoms with van der Waals surface area (Å²) in [6, 6.07) is 1.14. The Morgan fingerprint density at radius 3 is 2.05 bits per heavy atom. The first-order valence-corrected chi connectivity index (χ1v) is 7.83. The van der Waals surface area contributed by atoms with Gasteiger partial charge in [0, 0.05) is 0 Å². The van der Waals surface area contributed by atoms with Gasteiger partial charge < -0.3 is 0 Å². The molecule has 114 valence electrons. The van der Waals surface area contributed by atoms with E-state index in [0.717, 1.165) is 16.1 Å². The summed E-state index contributed by atoms with van der Waals surface area (Å²) in [6.07, 6.45) is 0. The highest BCUT2D eigenvalue weighted by Crippen LogP contribution is 2.26. The molecule has 1 aromatic carbocycles. The van der Waals surface area contributed by atoms with Crippen LogP contribution in [0.5, 0.6) is 0 Å². The van der Waals surface area contributed by atoms with Crippen molar-refractivity contribution in [3.05, 3.63) is 28.3 Å². The summed E-state index contributed by atoms with van der Waals surface area (Å²) in [6.45, 7) is 6.75. The molecule has 0 saturated carbocycles. The van der Waals surface area contributed by atoms with Crippen LogP contribution in [0.2, 0.25) is 0 Å². The second-order valence-electron chi connectivity index (χ2n) is 5.12. The molecule has 0 radical (unpaired) electrons. The molecule has 2 rings (SSSR count). The van der Waals surface area contributed by atoms with E-state index >= 15 is 0 Å². The van der Waals surface area contributed by atoms with Crippen LogP contribution in [-0.2, 0) is 14.8 Å². The molecule has 1 aromatic rings. The number of nitrogens with one attached hydrogen (secondary N) is 2. The second kappa shape index (κ2) is 5.12. The lowest BCUT2D eigenvalue weighted by Gasteiger charge is -2.19. The van der Waals surface area contributed by atoms with Gasteiger partial charge >= 0.3 is 6.03 Å². The fourth-order valence-electron chi connectivity index (χ4n) is 2.29. The Balaban J connectivity index is 2.46.